The van der Waals surface area contributed by atoms with Crippen molar-refractivity contribution in [3.63, 3.8) is 0 Å². The van der Waals surface area contributed by atoms with E-state index in [2.05, 4.69) is 0 Å². The molecule has 0 unspecified atom stereocenters. The predicted octanol–water partition coefficient (Wildman–Crippen LogP) is 3.20. The standard InChI is InChI=1S/C16H24N2O/c1-18(12-14-10-6-7-11-15(14)17)16(19)13-8-4-2-3-5-9-13/h6-7,10-11,13H,2-5,8-9,12,17H2,1H3. The smallest absolute Gasteiger partial charge is 0.225 e. The maximum atomic E-state index is 12.5. The van der Waals surface area contributed by atoms with Crippen molar-refractivity contribution in [3.8, 4) is 0 Å². The Morgan fingerprint density at radius 1 is 1.21 bits per heavy atom. The van der Waals surface area contributed by atoms with Gasteiger partial charge in [-0.25, -0.2) is 0 Å². The van der Waals surface area contributed by atoms with Crippen molar-refractivity contribution in [2.75, 3.05) is 12.8 Å². The van der Waals surface area contributed by atoms with E-state index < -0.39 is 0 Å². The number of nitrogens with zero attached hydrogens (tertiary/aromatic N) is 1. The van der Waals surface area contributed by atoms with E-state index in [1.807, 2.05) is 36.2 Å². The van der Waals surface area contributed by atoms with E-state index >= 15 is 0 Å². The summed E-state index contributed by atoms with van der Waals surface area (Å²) in [5, 5.41) is 0. The summed E-state index contributed by atoms with van der Waals surface area (Å²) in [6.45, 7) is 0.613. The van der Waals surface area contributed by atoms with Crippen LogP contribution in [0.15, 0.2) is 24.3 Å². The van der Waals surface area contributed by atoms with Crippen LogP contribution in [0.2, 0.25) is 0 Å². The van der Waals surface area contributed by atoms with Crippen molar-refractivity contribution in [3.05, 3.63) is 29.8 Å². The van der Waals surface area contributed by atoms with Gasteiger partial charge in [-0.1, -0.05) is 43.9 Å². The molecular formula is C16H24N2O. The number of nitrogens with two attached hydrogens (primary N) is 1. The molecule has 1 amide bonds. The highest BCUT2D eigenvalue weighted by Crippen LogP contribution is 2.25. The Labute approximate surface area is 115 Å². The maximum absolute atomic E-state index is 12.5. The van der Waals surface area contributed by atoms with Crippen molar-refractivity contribution in [2.45, 2.75) is 45.1 Å². The molecule has 1 aromatic rings. The largest absolute Gasteiger partial charge is 0.398 e. The van der Waals surface area contributed by atoms with Crippen LogP contribution in [0.25, 0.3) is 0 Å². The number of benzene rings is 1. The average Bonchev–Trinajstić information content (AvgIpc) is 2.69. The lowest BCUT2D eigenvalue weighted by Gasteiger charge is -2.23. The van der Waals surface area contributed by atoms with Gasteiger partial charge in [-0.2, -0.15) is 0 Å². The molecule has 19 heavy (non-hydrogen) atoms. The van der Waals surface area contributed by atoms with Crippen LogP contribution in [0.5, 0.6) is 0 Å². The number of amides is 1. The third-order valence-corrected chi connectivity index (χ3v) is 4.04. The first-order chi connectivity index (χ1) is 9.18. The minimum absolute atomic E-state index is 0.220. The molecule has 0 bridgehead atoms. The molecule has 0 heterocycles. The van der Waals surface area contributed by atoms with Gasteiger partial charge < -0.3 is 10.6 Å². The number of rotatable bonds is 3. The summed E-state index contributed by atoms with van der Waals surface area (Å²) in [6, 6.07) is 7.77. The molecule has 104 valence electrons. The molecule has 0 atom stereocenters. The normalized spacial score (nSPS) is 16.9. The van der Waals surface area contributed by atoms with Gasteiger partial charge in [0.05, 0.1) is 0 Å². The maximum Gasteiger partial charge on any atom is 0.225 e. The van der Waals surface area contributed by atoms with Crippen molar-refractivity contribution in [1.29, 1.82) is 0 Å². The van der Waals surface area contributed by atoms with E-state index in [0.29, 0.717) is 6.54 Å². The van der Waals surface area contributed by atoms with Crippen LogP contribution in [0.4, 0.5) is 5.69 Å². The Hall–Kier alpha value is -1.51. The van der Waals surface area contributed by atoms with Gasteiger partial charge in [0.15, 0.2) is 0 Å². The third kappa shape index (κ3) is 3.72. The van der Waals surface area contributed by atoms with E-state index in [1.54, 1.807) is 0 Å². The molecule has 0 spiro atoms. The molecule has 1 fully saturated rings. The number of nitrogen functional groups attached to an aromatic ring is 1. The van der Waals surface area contributed by atoms with Crippen LogP contribution in [-0.4, -0.2) is 17.9 Å². The van der Waals surface area contributed by atoms with Crippen molar-refractivity contribution in [1.82, 2.24) is 4.90 Å². The summed E-state index contributed by atoms with van der Waals surface area (Å²) in [5.41, 5.74) is 7.74. The Balaban J connectivity index is 1.97. The second-order valence-corrected chi connectivity index (χ2v) is 5.58. The van der Waals surface area contributed by atoms with Crippen LogP contribution >= 0.6 is 0 Å². The summed E-state index contributed by atoms with van der Waals surface area (Å²) in [5.74, 6) is 0.502. The minimum Gasteiger partial charge on any atom is -0.398 e. The summed E-state index contributed by atoms with van der Waals surface area (Å²) >= 11 is 0. The van der Waals surface area contributed by atoms with E-state index in [9.17, 15) is 4.79 Å². The molecule has 1 aliphatic rings. The molecule has 0 aromatic heterocycles. The van der Waals surface area contributed by atoms with E-state index in [-0.39, 0.29) is 11.8 Å². The lowest BCUT2D eigenvalue weighted by Crippen LogP contribution is -2.32. The summed E-state index contributed by atoms with van der Waals surface area (Å²) in [4.78, 5) is 14.3. The summed E-state index contributed by atoms with van der Waals surface area (Å²) in [6.07, 6.45) is 7.04. The molecule has 0 radical (unpaired) electrons. The molecule has 3 nitrogen and oxygen atoms in total. The molecule has 1 saturated carbocycles. The number of hydrogen-bond acceptors (Lipinski definition) is 2. The molecule has 1 aliphatic carbocycles. The van der Waals surface area contributed by atoms with Gasteiger partial charge in [-0.05, 0) is 24.5 Å². The van der Waals surface area contributed by atoms with Gasteiger partial charge in [0.1, 0.15) is 0 Å². The zero-order valence-corrected chi connectivity index (χ0v) is 11.8. The summed E-state index contributed by atoms with van der Waals surface area (Å²) < 4.78 is 0. The van der Waals surface area contributed by atoms with Gasteiger partial charge in [0.2, 0.25) is 5.91 Å². The Morgan fingerprint density at radius 2 is 1.84 bits per heavy atom. The highest BCUT2D eigenvalue weighted by molar-refractivity contribution is 5.78. The number of carbonyl (C=O) groups excluding carboxylic acids is 1. The van der Waals surface area contributed by atoms with Crippen molar-refractivity contribution < 1.29 is 4.79 Å². The van der Waals surface area contributed by atoms with Gasteiger partial charge in [-0.15, -0.1) is 0 Å². The van der Waals surface area contributed by atoms with Crippen molar-refractivity contribution in [2.24, 2.45) is 5.92 Å². The first kappa shape index (κ1) is 13.9. The lowest BCUT2D eigenvalue weighted by atomic mass is 9.98. The van der Waals surface area contributed by atoms with Crippen LogP contribution < -0.4 is 5.73 Å². The highest BCUT2D eigenvalue weighted by atomic mass is 16.2. The predicted molar refractivity (Wildman–Crippen MR) is 78.5 cm³/mol. The second-order valence-electron chi connectivity index (χ2n) is 5.58. The molecule has 1 aromatic carbocycles. The number of carbonyl (C=O) groups is 1. The van der Waals surface area contributed by atoms with Gasteiger partial charge in [-0.3, -0.25) is 4.79 Å². The first-order valence-electron chi connectivity index (χ1n) is 7.27. The van der Waals surface area contributed by atoms with Crippen LogP contribution in [0.1, 0.15) is 44.1 Å². The molecule has 0 saturated heterocycles. The SMILES string of the molecule is CN(Cc1ccccc1N)C(=O)C1CCCCCC1. The fraction of sp³-hybridized carbons (Fsp3) is 0.562. The zero-order valence-electron chi connectivity index (χ0n) is 11.8. The third-order valence-electron chi connectivity index (χ3n) is 4.04. The number of para-hydroxylation sites is 1. The second kappa shape index (κ2) is 6.60. The summed E-state index contributed by atoms with van der Waals surface area (Å²) in [7, 11) is 1.89. The Bertz CT molecular complexity index is 423. The Kier molecular flexibility index (Phi) is 4.83. The van der Waals surface area contributed by atoms with E-state index in [4.69, 9.17) is 5.73 Å². The van der Waals surface area contributed by atoms with Gasteiger partial charge in [0, 0.05) is 25.2 Å². The molecule has 0 aliphatic heterocycles. The molecule has 3 heteroatoms. The number of hydrogen-bond donors (Lipinski definition) is 1. The first-order valence-corrected chi connectivity index (χ1v) is 7.27. The molecular weight excluding hydrogens is 236 g/mol. The quantitative estimate of drug-likeness (QED) is 0.670. The van der Waals surface area contributed by atoms with Crippen LogP contribution in [0, 0.1) is 5.92 Å². The topological polar surface area (TPSA) is 46.3 Å². The lowest BCUT2D eigenvalue weighted by molar-refractivity contribution is -0.135. The van der Waals surface area contributed by atoms with Crippen molar-refractivity contribution >= 4 is 11.6 Å². The van der Waals surface area contributed by atoms with Gasteiger partial charge in [0.25, 0.3) is 0 Å². The van der Waals surface area contributed by atoms with Gasteiger partial charge >= 0.3 is 0 Å². The molecule has 2 rings (SSSR count). The van der Waals surface area contributed by atoms with Crippen LogP contribution in [-0.2, 0) is 11.3 Å². The zero-order chi connectivity index (χ0) is 13.7. The minimum atomic E-state index is 0.220. The monoisotopic (exact) mass is 260 g/mol. The van der Waals surface area contributed by atoms with E-state index in [1.165, 1.54) is 25.7 Å². The number of anilines is 1. The van der Waals surface area contributed by atoms with E-state index in [0.717, 1.165) is 24.1 Å². The highest BCUT2D eigenvalue weighted by Gasteiger charge is 2.23. The fourth-order valence-electron chi connectivity index (χ4n) is 2.85. The average molecular weight is 260 g/mol. The Morgan fingerprint density at radius 3 is 2.47 bits per heavy atom. The fourth-order valence-corrected chi connectivity index (χ4v) is 2.85. The van der Waals surface area contributed by atoms with Crippen LogP contribution in [0.3, 0.4) is 0 Å². The molecule has 2 N–H and O–H groups in total.